The molecule has 0 saturated heterocycles. The molecule has 1 N–H and O–H groups in total. The third-order valence-electron chi connectivity index (χ3n) is 4.49. The number of hydrogen-bond acceptors (Lipinski definition) is 6. The molecule has 152 valence electrons. The van der Waals surface area contributed by atoms with Gasteiger partial charge in [-0.05, 0) is 60.3 Å². The van der Waals surface area contributed by atoms with Gasteiger partial charge in [0.15, 0.2) is 0 Å². The number of likely N-dealkylation sites (N-methyl/N-ethyl adjacent to an activating group) is 1. The van der Waals surface area contributed by atoms with Gasteiger partial charge in [0, 0.05) is 23.8 Å². The van der Waals surface area contributed by atoms with Crippen LogP contribution in [0, 0.1) is 14.8 Å². The first-order chi connectivity index (χ1) is 13.3. The molecule has 6 nitrogen and oxygen atoms in total. The summed E-state index contributed by atoms with van der Waals surface area (Å²) < 4.78 is 39.6. The minimum absolute atomic E-state index is 0.527. The van der Waals surface area contributed by atoms with Gasteiger partial charge in [0.05, 0.1) is 19.6 Å². The molecule has 0 amide bonds. The van der Waals surface area contributed by atoms with Crippen molar-refractivity contribution in [1.82, 2.24) is 4.90 Å². The zero-order valence-electron chi connectivity index (χ0n) is 15.6. The van der Waals surface area contributed by atoms with Crippen LogP contribution in [0.3, 0.4) is 0 Å². The second-order valence-corrected chi connectivity index (χ2v) is 9.36. The van der Waals surface area contributed by atoms with Crippen LogP contribution in [-0.4, -0.2) is 31.1 Å². The summed E-state index contributed by atoms with van der Waals surface area (Å²) in [7, 11) is -5.93. The molecular formula is C19H22Cl2N2O4S. The summed E-state index contributed by atoms with van der Waals surface area (Å²) in [6.45, 7) is 7.85. The van der Waals surface area contributed by atoms with Crippen molar-refractivity contribution in [2.75, 3.05) is 31.5 Å². The third-order valence-corrected chi connectivity index (χ3v) is 7.37. The number of hydrogen-bond donors (Lipinski definition) is 1. The van der Waals surface area contributed by atoms with Crippen LogP contribution in [0.1, 0.15) is 19.4 Å². The highest BCUT2D eigenvalue weighted by Gasteiger charge is 2.27. The molecule has 0 radical (unpaired) electrons. The van der Waals surface area contributed by atoms with E-state index in [1.807, 2.05) is 24.3 Å². The number of halogens is 2. The molecule has 9 heteroatoms. The van der Waals surface area contributed by atoms with E-state index in [2.05, 4.69) is 24.1 Å². The maximum atomic E-state index is 11.3. The molecule has 1 aliphatic heterocycles. The van der Waals surface area contributed by atoms with E-state index in [9.17, 15) is 14.0 Å². The van der Waals surface area contributed by atoms with Gasteiger partial charge in [-0.25, -0.2) is 0 Å². The zero-order valence-corrected chi connectivity index (χ0v) is 17.9. The SMILES string of the molecule is CCN(CC)CCNc1ccc2c(c1)=S(O[Cl+3]([O-])([O-])[O-])c1ccc(Cl)cc1C=2. The first-order valence-corrected chi connectivity index (χ1v) is 11.7. The molecule has 0 aliphatic carbocycles. The van der Waals surface area contributed by atoms with E-state index in [0.29, 0.717) is 14.4 Å². The van der Waals surface area contributed by atoms with Crippen molar-refractivity contribution in [3.05, 3.63) is 56.7 Å². The van der Waals surface area contributed by atoms with Crippen LogP contribution < -0.4 is 24.5 Å². The van der Waals surface area contributed by atoms with Crippen molar-refractivity contribution < 1.29 is 28.0 Å². The maximum Gasteiger partial charge on any atom is 0.148 e. The molecule has 0 spiro atoms. The Morgan fingerprint density at radius 3 is 2.54 bits per heavy atom. The van der Waals surface area contributed by atoms with Gasteiger partial charge in [0.25, 0.3) is 0 Å². The Kier molecular flexibility index (Phi) is 7.01. The fourth-order valence-electron chi connectivity index (χ4n) is 3.05. The lowest BCUT2D eigenvalue weighted by Crippen LogP contribution is -2.60. The predicted octanol–water partition coefficient (Wildman–Crippen LogP) is 0.644. The van der Waals surface area contributed by atoms with Gasteiger partial charge in [0.2, 0.25) is 0 Å². The van der Waals surface area contributed by atoms with Gasteiger partial charge < -0.3 is 10.2 Å². The molecule has 0 aromatic heterocycles. The monoisotopic (exact) mass is 444 g/mol. The summed E-state index contributed by atoms with van der Waals surface area (Å²) in [6, 6.07) is 10.7. The summed E-state index contributed by atoms with van der Waals surface area (Å²) in [6.07, 6.45) is 1.91. The molecule has 1 heterocycles. The Labute approximate surface area is 173 Å². The summed E-state index contributed by atoms with van der Waals surface area (Å²) >= 11 is 6.06. The van der Waals surface area contributed by atoms with Gasteiger partial charge in [0.1, 0.15) is 14.5 Å². The molecule has 1 aliphatic rings. The van der Waals surface area contributed by atoms with E-state index in [0.717, 1.165) is 42.6 Å². The minimum atomic E-state index is -4.58. The van der Waals surface area contributed by atoms with Crippen LogP contribution in [0.4, 0.5) is 5.69 Å². The second-order valence-electron chi connectivity index (χ2n) is 6.24. The third kappa shape index (κ3) is 5.25. The summed E-state index contributed by atoms with van der Waals surface area (Å²) in [4.78, 5) is 2.92. The second kappa shape index (κ2) is 9.11. The van der Waals surface area contributed by atoms with Crippen LogP contribution in [0.2, 0.25) is 5.02 Å². The van der Waals surface area contributed by atoms with Gasteiger partial charge in [-0.2, -0.15) is 14.0 Å². The molecular weight excluding hydrogens is 423 g/mol. The van der Waals surface area contributed by atoms with Crippen molar-refractivity contribution in [2.45, 2.75) is 18.7 Å². The fraction of sp³-hybridized carbons (Fsp3) is 0.316. The van der Waals surface area contributed by atoms with E-state index in [1.165, 1.54) is 0 Å². The van der Waals surface area contributed by atoms with Crippen molar-refractivity contribution in [3.63, 3.8) is 0 Å². The molecule has 0 fully saturated rings. The number of rotatable bonds is 8. The van der Waals surface area contributed by atoms with Gasteiger partial charge in [-0.3, -0.25) is 0 Å². The van der Waals surface area contributed by atoms with Gasteiger partial charge in [-0.15, -0.1) is 0 Å². The average Bonchev–Trinajstić information content (AvgIpc) is 2.64. The standard InChI is InChI=1S/C19H22Cl2N2O4S/c1-3-23(4-2)10-9-22-17-7-5-14-11-15-12-16(20)6-8-18(15)28(19(14)13-17)27-21(24,25)26/h5-8,11-13,22H,3-4,9-10H2,1-2H3. The topological polar surface area (TPSA) is 93.7 Å². The summed E-state index contributed by atoms with van der Waals surface area (Å²) in [5, 5.41) is 4.68. The molecule has 0 saturated carbocycles. The van der Waals surface area contributed by atoms with Crippen molar-refractivity contribution >= 4 is 34.1 Å². The highest BCUT2D eigenvalue weighted by Crippen LogP contribution is 2.38. The Hall–Kier alpha value is -1.16. The number of benzene rings is 2. The van der Waals surface area contributed by atoms with Crippen LogP contribution >= 0.6 is 22.4 Å². The first kappa shape index (κ1) is 21.5. The number of nitrogens with zero attached hydrogens (tertiary/aromatic N) is 1. The molecule has 1 atom stereocenters. The minimum Gasteiger partial charge on any atom is -0.384 e. The summed E-state index contributed by atoms with van der Waals surface area (Å²) in [5.74, 6) is 0. The Morgan fingerprint density at radius 2 is 1.86 bits per heavy atom. The van der Waals surface area contributed by atoms with Gasteiger partial charge in [-0.1, -0.05) is 31.5 Å². The molecule has 1 unspecified atom stereocenters. The van der Waals surface area contributed by atoms with Crippen LogP contribution in [-0.2, 0) is 3.74 Å². The lowest BCUT2D eigenvalue weighted by molar-refractivity contribution is -1.91. The lowest BCUT2D eigenvalue weighted by Gasteiger charge is -2.19. The molecule has 2 aromatic carbocycles. The van der Waals surface area contributed by atoms with E-state index in [-0.39, 0.29) is 0 Å². The molecule has 2 aromatic rings. The molecule has 0 bridgehead atoms. The van der Waals surface area contributed by atoms with E-state index < -0.39 is 21.0 Å². The summed E-state index contributed by atoms with van der Waals surface area (Å²) in [5.41, 5.74) is 1.59. The molecule has 3 rings (SSSR count). The highest BCUT2D eigenvalue weighted by atomic mass is 35.7. The smallest absolute Gasteiger partial charge is 0.148 e. The fourth-order valence-corrected chi connectivity index (χ4v) is 5.73. The average molecular weight is 445 g/mol. The Morgan fingerprint density at radius 1 is 1.11 bits per heavy atom. The molecule has 28 heavy (non-hydrogen) atoms. The van der Waals surface area contributed by atoms with Crippen molar-refractivity contribution in [3.8, 4) is 0 Å². The maximum absolute atomic E-state index is 11.3. The van der Waals surface area contributed by atoms with Crippen LogP contribution in [0.25, 0.3) is 6.08 Å². The van der Waals surface area contributed by atoms with E-state index >= 15 is 0 Å². The normalized spacial score (nSPS) is 15.8. The number of anilines is 1. The van der Waals surface area contributed by atoms with Crippen molar-refractivity contribution in [1.29, 1.82) is 0 Å². The largest absolute Gasteiger partial charge is 0.384 e. The predicted molar refractivity (Wildman–Crippen MR) is 103 cm³/mol. The number of fused-ring (bicyclic) bond motifs is 2. The highest BCUT2D eigenvalue weighted by molar-refractivity contribution is 8.05. The van der Waals surface area contributed by atoms with E-state index in [1.54, 1.807) is 18.2 Å². The quantitative estimate of drug-likeness (QED) is 0.600. The van der Waals surface area contributed by atoms with Crippen LogP contribution in [0.5, 0.6) is 0 Å². The van der Waals surface area contributed by atoms with Gasteiger partial charge >= 0.3 is 0 Å². The zero-order chi connectivity index (χ0) is 20.3. The Bertz CT molecular complexity index is 975. The Balaban J connectivity index is 1.99. The number of nitrogens with one attached hydrogen (secondary N) is 1. The lowest BCUT2D eigenvalue weighted by atomic mass is 10.1. The van der Waals surface area contributed by atoms with E-state index in [4.69, 9.17) is 15.3 Å². The van der Waals surface area contributed by atoms with Crippen molar-refractivity contribution in [2.24, 2.45) is 0 Å². The first-order valence-electron chi connectivity index (χ1n) is 8.90. The van der Waals surface area contributed by atoms with Crippen LogP contribution in [0.15, 0.2) is 41.3 Å².